The highest BCUT2D eigenvalue weighted by atomic mass is 16.5. The molecule has 4 aliphatic heterocycles. The van der Waals surface area contributed by atoms with Gasteiger partial charge >= 0.3 is 5.97 Å². The van der Waals surface area contributed by atoms with E-state index in [4.69, 9.17) is 14.6 Å². The largest absolute Gasteiger partial charge is 0.478 e. The Kier molecular flexibility index (Phi) is 17.2. The number of aliphatic carboxylic acids is 1. The maximum Gasteiger partial charge on any atom is 0.328 e. The van der Waals surface area contributed by atoms with E-state index in [1.54, 1.807) is 36.5 Å². The maximum atomic E-state index is 12.5. The molecular weight excluding hydrogens is 777 g/mol. The minimum atomic E-state index is -1.02. The molecule has 0 atom stereocenters. The van der Waals surface area contributed by atoms with Gasteiger partial charge in [0.15, 0.2) is 0 Å². The number of nitrogens with one attached hydrogen (secondary N) is 3. The number of carboxylic acid groups (broad SMARTS) is 1. The van der Waals surface area contributed by atoms with Gasteiger partial charge in [0.05, 0.1) is 39.5 Å². The number of morpholine rings is 2. The molecule has 8 rings (SSSR count). The number of benzene rings is 2. The van der Waals surface area contributed by atoms with E-state index in [9.17, 15) is 19.2 Å². The molecule has 61 heavy (non-hydrogen) atoms. The van der Waals surface area contributed by atoms with E-state index in [0.717, 1.165) is 63.9 Å². The highest BCUT2D eigenvalue weighted by Crippen LogP contribution is 2.19. The third-order valence-electron chi connectivity index (χ3n) is 10.3. The van der Waals surface area contributed by atoms with Crippen LogP contribution < -0.4 is 16.0 Å². The van der Waals surface area contributed by atoms with Crippen LogP contribution in [0.15, 0.2) is 97.3 Å². The lowest BCUT2D eigenvalue weighted by Crippen LogP contribution is -2.41. The third-order valence-corrected chi connectivity index (χ3v) is 10.3. The zero-order valence-corrected chi connectivity index (χ0v) is 34.3. The van der Waals surface area contributed by atoms with Crippen molar-refractivity contribution in [2.75, 3.05) is 89.4 Å². The predicted octanol–water partition coefficient (Wildman–Crippen LogP) is 3.73. The highest BCUT2D eigenvalue weighted by molar-refractivity contribution is 5.93. The number of aromatic nitrogens is 2. The van der Waals surface area contributed by atoms with Crippen LogP contribution in [0.3, 0.4) is 0 Å². The first-order valence-electron chi connectivity index (χ1n) is 20.6. The first-order valence-corrected chi connectivity index (χ1v) is 20.6. The van der Waals surface area contributed by atoms with Gasteiger partial charge in [0.1, 0.15) is 11.6 Å². The fraction of sp³-hybridized carbons (Fsp3) is 0.348. The Labute approximate surface area is 356 Å². The number of amides is 3. The number of carbonyl (C=O) groups is 4. The molecule has 2 aromatic carbocycles. The van der Waals surface area contributed by atoms with E-state index in [1.807, 2.05) is 28.0 Å². The minimum Gasteiger partial charge on any atom is -0.478 e. The molecule has 320 valence electrons. The summed E-state index contributed by atoms with van der Waals surface area (Å²) in [6.45, 7) is 9.86. The van der Waals surface area contributed by atoms with E-state index in [0.29, 0.717) is 63.3 Å². The molecule has 4 aliphatic rings. The number of carboxylic acids is 1. The molecule has 0 radical (unpaired) electrons. The van der Waals surface area contributed by atoms with Crippen molar-refractivity contribution in [2.45, 2.75) is 25.9 Å². The number of carbonyl (C=O) groups excluding carboxylic acids is 3. The summed E-state index contributed by atoms with van der Waals surface area (Å²) < 4.78 is 10.5. The molecular formula is C46H54N8O7. The number of ether oxygens (including phenoxy) is 2. The Morgan fingerprint density at radius 2 is 1.15 bits per heavy atom. The van der Waals surface area contributed by atoms with Crippen LogP contribution in [0.4, 0.5) is 11.6 Å². The lowest BCUT2D eigenvalue weighted by molar-refractivity contribution is -0.131. The normalized spacial score (nSPS) is 16.6. The SMILES string of the molecule is O=C(CN1CCOCC1)Nc1ccc(/C=C/C(=O)N2CCc3ccccc3C2)cn1.O=C(O)/C=C/c1ccc(NC(=O)CN2CCOCC2)nc1.c1ccc2c(c1)CCNC2. The lowest BCUT2D eigenvalue weighted by atomic mass is 10.00. The molecule has 2 saturated heterocycles. The van der Waals surface area contributed by atoms with Gasteiger partial charge < -0.3 is 35.4 Å². The number of fused-ring (bicyclic) bond motifs is 2. The van der Waals surface area contributed by atoms with Crippen molar-refractivity contribution >= 4 is 47.5 Å². The summed E-state index contributed by atoms with van der Waals surface area (Å²) in [4.78, 5) is 61.2. The van der Waals surface area contributed by atoms with Crippen LogP contribution in [-0.4, -0.2) is 132 Å². The monoisotopic (exact) mass is 830 g/mol. The molecule has 3 amide bonds. The minimum absolute atomic E-state index is 0.00704. The van der Waals surface area contributed by atoms with Crippen molar-refractivity contribution in [3.05, 3.63) is 131 Å². The Morgan fingerprint density at radius 3 is 1.66 bits per heavy atom. The van der Waals surface area contributed by atoms with Gasteiger partial charge in [-0.2, -0.15) is 0 Å². The summed E-state index contributed by atoms with van der Waals surface area (Å²) in [5.74, 6) is -0.290. The second-order valence-electron chi connectivity index (χ2n) is 14.8. The summed E-state index contributed by atoms with van der Waals surface area (Å²) in [5, 5.41) is 17.4. The van der Waals surface area contributed by atoms with Crippen molar-refractivity contribution in [1.82, 2.24) is 30.0 Å². The molecule has 4 aromatic rings. The van der Waals surface area contributed by atoms with Crippen molar-refractivity contribution < 1.29 is 33.8 Å². The molecule has 15 nitrogen and oxygen atoms in total. The molecule has 0 saturated carbocycles. The molecule has 4 N–H and O–H groups in total. The Bertz CT molecular complexity index is 2090. The quantitative estimate of drug-likeness (QED) is 0.171. The van der Waals surface area contributed by atoms with E-state index in [2.05, 4.69) is 67.2 Å². The zero-order valence-electron chi connectivity index (χ0n) is 34.3. The van der Waals surface area contributed by atoms with Crippen LogP contribution in [0.2, 0.25) is 0 Å². The van der Waals surface area contributed by atoms with Gasteiger partial charge in [-0.1, -0.05) is 48.5 Å². The zero-order chi connectivity index (χ0) is 42.7. The molecule has 2 aromatic heterocycles. The number of rotatable bonds is 10. The van der Waals surface area contributed by atoms with Gasteiger partial charge in [-0.25, -0.2) is 14.8 Å². The van der Waals surface area contributed by atoms with Crippen LogP contribution in [0, 0.1) is 0 Å². The summed E-state index contributed by atoms with van der Waals surface area (Å²) in [6.07, 6.45) is 11.1. The molecule has 2 fully saturated rings. The molecule has 6 heterocycles. The van der Waals surface area contributed by atoms with Crippen molar-refractivity contribution in [1.29, 1.82) is 0 Å². The van der Waals surface area contributed by atoms with E-state index in [-0.39, 0.29) is 17.7 Å². The maximum absolute atomic E-state index is 12.5. The fourth-order valence-electron chi connectivity index (χ4n) is 6.99. The van der Waals surface area contributed by atoms with E-state index >= 15 is 0 Å². The standard InChI is InChI=1S/C23H26N4O3.C14H17N3O4.C9H11N/c28-22(17-26-11-13-30-14-12-26)25-21-7-5-18(15-24-21)6-8-23(29)27-10-9-19-3-1-2-4-20(19)16-27;18-13(10-17-5-7-21-8-6-17)16-12-3-1-11(9-15-12)2-4-14(19)20;1-2-4-9-7-10-6-5-8(9)3-1/h1-8,15H,9-14,16-17H2,(H,24,25,28);1-4,9H,5-8,10H2,(H,19,20)(H,15,16,18);1-4,10H,5-7H2/b8-6+;4-2+;. The molecule has 0 bridgehead atoms. The van der Waals surface area contributed by atoms with Crippen LogP contribution >= 0.6 is 0 Å². The molecule has 0 spiro atoms. The van der Waals surface area contributed by atoms with Crippen LogP contribution in [0.5, 0.6) is 0 Å². The topological polar surface area (TPSA) is 179 Å². The second kappa shape index (κ2) is 23.6. The average Bonchev–Trinajstić information content (AvgIpc) is 3.29. The summed E-state index contributed by atoms with van der Waals surface area (Å²) in [7, 11) is 0. The van der Waals surface area contributed by atoms with E-state index in [1.165, 1.54) is 40.9 Å². The number of hydrogen-bond acceptors (Lipinski definition) is 11. The smallest absolute Gasteiger partial charge is 0.328 e. The van der Waals surface area contributed by atoms with Gasteiger partial charge in [0.25, 0.3) is 0 Å². The van der Waals surface area contributed by atoms with E-state index < -0.39 is 5.97 Å². The number of anilines is 2. The van der Waals surface area contributed by atoms with Gasteiger partial charge in [-0.15, -0.1) is 0 Å². The van der Waals surface area contributed by atoms with Gasteiger partial charge in [-0.3, -0.25) is 24.2 Å². The van der Waals surface area contributed by atoms with Crippen LogP contribution in [0.25, 0.3) is 12.2 Å². The predicted molar refractivity (Wildman–Crippen MR) is 233 cm³/mol. The van der Waals surface area contributed by atoms with Crippen LogP contribution in [-0.2, 0) is 54.6 Å². The van der Waals surface area contributed by atoms with Crippen molar-refractivity contribution in [2.24, 2.45) is 0 Å². The number of nitrogens with zero attached hydrogens (tertiary/aromatic N) is 5. The van der Waals surface area contributed by atoms with Gasteiger partial charge in [0, 0.05) is 70.4 Å². The van der Waals surface area contributed by atoms with Crippen molar-refractivity contribution in [3.63, 3.8) is 0 Å². The fourth-order valence-corrected chi connectivity index (χ4v) is 6.99. The number of pyridine rings is 2. The summed E-state index contributed by atoms with van der Waals surface area (Å²) >= 11 is 0. The molecule has 0 aliphatic carbocycles. The van der Waals surface area contributed by atoms with Crippen LogP contribution in [0.1, 0.15) is 33.4 Å². The Hall–Kier alpha value is -6.10. The van der Waals surface area contributed by atoms with Gasteiger partial charge in [0.2, 0.25) is 17.7 Å². The Morgan fingerprint density at radius 1 is 0.639 bits per heavy atom. The molecule has 15 heteroatoms. The number of hydrogen-bond donors (Lipinski definition) is 4. The summed E-state index contributed by atoms with van der Waals surface area (Å²) in [5.41, 5.74) is 6.98. The van der Waals surface area contributed by atoms with Crippen molar-refractivity contribution in [3.8, 4) is 0 Å². The highest BCUT2D eigenvalue weighted by Gasteiger charge is 2.19. The first-order chi connectivity index (χ1) is 29.8. The molecule has 0 unspecified atom stereocenters. The average molecular weight is 831 g/mol. The van der Waals surface area contributed by atoms with Gasteiger partial charge in [-0.05, 0) is 89.2 Å². The third kappa shape index (κ3) is 15.1. The first kappa shape index (κ1) is 44.5. The second-order valence-corrected chi connectivity index (χ2v) is 14.8. The summed E-state index contributed by atoms with van der Waals surface area (Å²) in [6, 6.07) is 23.8. The lowest BCUT2D eigenvalue weighted by Gasteiger charge is -2.27. The Balaban J connectivity index is 0.000000173.